The average Bonchev–Trinajstić information content (AvgIpc) is 2.86. The molecule has 2 heterocycles. The van der Waals surface area contributed by atoms with Crippen LogP contribution in [0.4, 0.5) is 24.5 Å². The molecule has 0 bridgehead atoms. The van der Waals surface area contributed by atoms with Gasteiger partial charge in [0.15, 0.2) is 0 Å². The minimum absolute atomic E-state index is 0. The first-order valence-corrected chi connectivity index (χ1v) is 13.6. The lowest BCUT2D eigenvalue weighted by molar-refractivity contribution is -0.132. The number of benzene rings is 2. The third kappa shape index (κ3) is 9.61. The van der Waals surface area contributed by atoms with E-state index in [0.29, 0.717) is 25.6 Å². The molecule has 0 unspecified atom stereocenters. The number of hydrogen-bond donors (Lipinski definition) is 2. The number of nitrogens with one attached hydrogen (secondary N) is 2. The summed E-state index contributed by atoms with van der Waals surface area (Å²) in [6.45, 7) is 4.14. The van der Waals surface area contributed by atoms with Gasteiger partial charge in [-0.3, -0.25) is 4.79 Å². The van der Waals surface area contributed by atoms with E-state index >= 15 is 0 Å². The van der Waals surface area contributed by atoms with Crippen LogP contribution in [-0.2, 0) is 4.79 Å². The molecule has 204 valence electrons. The Morgan fingerprint density at radius 2 is 1.35 bits per heavy atom. The van der Waals surface area contributed by atoms with Gasteiger partial charge in [-0.2, -0.15) is 13.2 Å². The van der Waals surface area contributed by atoms with Gasteiger partial charge in [-0.05, 0) is 86.0 Å². The Bertz CT molecular complexity index is 975. The lowest BCUT2D eigenvalue weighted by Gasteiger charge is -2.35. The maximum atomic E-state index is 12.8. The van der Waals surface area contributed by atoms with Crippen LogP contribution in [0, 0.1) is 0 Å². The second-order valence-corrected chi connectivity index (χ2v) is 11.0. The zero-order valence-electron chi connectivity index (χ0n) is 20.1. The SMILES string of the molecule is C.O=C(CCN1CCC(Nc2ccc(Cl)cc2)CC1)N1CCC(Nc2ccc(SC(F)(F)F)cc2)CC1. The third-order valence-corrected chi connectivity index (χ3v) is 7.74. The number of amides is 1. The average molecular weight is 557 g/mol. The maximum absolute atomic E-state index is 12.8. The lowest BCUT2D eigenvalue weighted by Crippen LogP contribution is -2.44. The van der Waals surface area contributed by atoms with Crippen molar-refractivity contribution in [3.63, 3.8) is 0 Å². The van der Waals surface area contributed by atoms with E-state index in [0.717, 1.165) is 61.7 Å². The number of carbonyl (C=O) groups is 1. The number of likely N-dealkylation sites (tertiary alicyclic amines) is 2. The highest BCUT2D eigenvalue weighted by atomic mass is 35.5. The molecular formula is C27H36ClF3N4OS. The molecule has 4 rings (SSSR count). The van der Waals surface area contributed by atoms with Crippen molar-refractivity contribution in [3.8, 4) is 0 Å². The zero-order chi connectivity index (χ0) is 25.5. The number of alkyl halides is 3. The van der Waals surface area contributed by atoms with Crippen LogP contribution in [0.15, 0.2) is 53.4 Å². The van der Waals surface area contributed by atoms with Gasteiger partial charge in [-0.1, -0.05) is 19.0 Å². The van der Waals surface area contributed by atoms with Crippen molar-refractivity contribution in [2.45, 2.75) is 62.0 Å². The van der Waals surface area contributed by atoms with E-state index in [1.165, 1.54) is 12.1 Å². The van der Waals surface area contributed by atoms with Crippen LogP contribution < -0.4 is 10.6 Å². The van der Waals surface area contributed by atoms with Crippen LogP contribution in [0.5, 0.6) is 0 Å². The summed E-state index contributed by atoms with van der Waals surface area (Å²) in [5, 5.41) is 7.69. The molecule has 2 aliphatic rings. The zero-order valence-corrected chi connectivity index (χ0v) is 21.6. The Morgan fingerprint density at radius 3 is 1.86 bits per heavy atom. The third-order valence-electron chi connectivity index (χ3n) is 6.75. The van der Waals surface area contributed by atoms with Gasteiger partial charge in [-0.15, -0.1) is 0 Å². The minimum atomic E-state index is -4.28. The van der Waals surface area contributed by atoms with E-state index in [9.17, 15) is 18.0 Å². The molecule has 0 aromatic heterocycles. The summed E-state index contributed by atoms with van der Waals surface area (Å²) < 4.78 is 37.4. The molecule has 0 radical (unpaired) electrons. The van der Waals surface area contributed by atoms with E-state index in [2.05, 4.69) is 15.5 Å². The molecule has 2 aromatic carbocycles. The van der Waals surface area contributed by atoms with Crippen molar-refractivity contribution in [2.75, 3.05) is 43.4 Å². The summed E-state index contributed by atoms with van der Waals surface area (Å²) in [4.78, 5) is 17.2. The topological polar surface area (TPSA) is 47.6 Å². The molecule has 0 spiro atoms. The number of piperidine rings is 2. The van der Waals surface area contributed by atoms with E-state index in [4.69, 9.17) is 11.6 Å². The van der Waals surface area contributed by atoms with Crippen molar-refractivity contribution >= 4 is 40.6 Å². The number of rotatable bonds is 8. The molecule has 0 atom stereocenters. The first-order chi connectivity index (χ1) is 17.2. The van der Waals surface area contributed by atoms with Crippen molar-refractivity contribution < 1.29 is 18.0 Å². The Hall–Kier alpha value is -2.10. The number of hydrogen-bond acceptors (Lipinski definition) is 5. The van der Waals surface area contributed by atoms with Crippen molar-refractivity contribution in [2.24, 2.45) is 0 Å². The van der Waals surface area contributed by atoms with E-state index in [1.54, 1.807) is 12.1 Å². The predicted octanol–water partition coefficient (Wildman–Crippen LogP) is 6.96. The van der Waals surface area contributed by atoms with Crippen LogP contribution >= 0.6 is 23.4 Å². The predicted molar refractivity (Wildman–Crippen MR) is 147 cm³/mol. The van der Waals surface area contributed by atoms with Gasteiger partial charge in [0.1, 0.15) is 0 Å². The monoisotopic (exact) mass is 556 g/mol. The van der Waals surface area contributed by atoms with Gasteiger partial charge in [0.2, 0.25) is 5.91 Å². The van der Waals surface area contributed by atoms with Gasteiger partial charge >= 0.3 is 5.51 Å². The molecule has 2 saturated heterocycles. The van der Waals surface area contributed by atoms with Crippen LogP contribution in [0.2, 0.25) is 5.02 Å². The molecule has 1 amide bonds. The number of thioether (sulfide) groups is 1. The highest BCUT2D eigenvalue weighted by molar-refractivity contribution is 8.00. The summed E-state index contributed by atoms with van der Waals surface area (Å²) in [7, 11) is 0. The smallest absolute Gasteiger partial charge is 0.382 e. The molecule has 0 aliphatic carbocycles. The fourth-order valence-electron chi connectivity index (χ4n) is 4.76. The Kier molecular flexibility index (Phi) is 10.8. The number of halogens is 4. The van der Waals surface area contributed by atoms with E-state index < -0.39 is 5.51 Å². The molecule has 2 fully saturated rings. The summed E-state index contributed by atoms with van der Waals surface area (Å²) in [5.41, 5.74) is -2.39. The number of anilines is 2. The Balaban J connectivity index is 0.00000380. The van der Waals surface area contributed by atoms with Crippen molar-refractivity contribution in [3.05, 3.63) is 53.6 Å². The normalized spacial score (nSPS) is 17.8. The molecule has 2 aromatic rings. The molecule has 5 nitrogen and oxygen atoms in total. The minimum Gasteiger partial charge on any atom is -0.382 e. The fraction of sp³-hybridized carbons (Fsp3) is 0.519. The quantitative estimate of drug-likeness (QED) is 0.344. The van der Waals surface area contributed by atoms with E-state index in [1.807, 2.05) is 29.2 Å². The van der Waals surface area contributed by atoms with Crippen LogP contribution in [0.25, 0.3) is 0 Å². The van der Waals surface area contributed by atoms with Gasteiger partial charge in [0.05, 0.1) is 0 Å². The lowest BCUT2D eigenvalue weighted by atomic mass is 10.0. The number of carbonyl (C=O) groups excluding carboxylic acids is 1. The fourth-order valence-corrected chi connectivity index (χ4v) is 5.42. The van der Waals surface area contributed by atoms with Crippen LogP contribution in [0.3, 0.4) is 0 Å². The van der Waals surface area contributed by atoms with Crippen molar-refractivity contribution in [1.29, 1.82) is 0 Å². The molecule has 2 N–H and O–H groups in total. The summed E-state index contributed by atoms with van der Waals surface area (Å²) in [5.74, 6) is 0.198. The van der Waals surface area contributed by atoms with Gasteiger partial charge in [-0.25, -0.2) is 0 Å². The molecular weight excluding hydrogens is 521 g/mol. The second kappa shape index (κ2) is 13.6. The largest absolute Gasteiger partial charge is 0.446 e. The first kappa shape index (κ1) is 29.5. The van der Waals surface area contributed by atoms with Gasteiger partial charge in [0.25, 0.3) is 0 Å². The number of nitrogens with zero attached hydrogens (tertiary/aromatic N) is 2. The standard InChI is InChI=1S/C26H32ClF3N4OS.CH4/c27-19-1-3-20(4-2-19)31-22-9-14-33(15-10-22)16-13-25(35)34-17-11-23(12-18-34)32-21-5-7-24(8-6-21)36-26(28,29)30;/h1-8,22-23,31-32H,9-18H2;1H4. The van der Waals surface area contributed by atoms with Crippen LogP contribution in [-0.4, -0.2) is 66.0 Å². The van der Waals surface area contributed by atoms with E-state index in [-0.39, 0.29) is 36.0 Å². The van der Waals surface area contributed by atoms with Crippen molar-refractivity contribution in [1.82, 2.24) is 9.80 Å². The Morgan fingerprint density at radius 1 is 0.865 bits per heavy atom. The maximum Gasteiger partial charge on any atom is 0.446 e. The Labute approximate surface area is 227 Å². The first-order valence-electron chi connectivity index (χ1n) is 12.4. The summed E-state index contributed by atoms with van der Waals surface area (Å²) >= 11 is 5.84. The molecule has 10 heteroatoms. The van der Waals surface area contributed by atoms with Gasteiger partial charge in [0, 0.05) is 72.5 Å². The second-order valence-electron chi connectivity index (χ2n) is 9.39. The highest BCUT2D eigenvalue weighted by Gasteiger charge is 2.29. The summed E-state index contributed by atoms with van der Waals surface area (Å²) in [6, 6.07) is 14.7. The molecule has 37 heavy (non-hydrogen) atoms. The molecule has 0 saturated carbocycles. The molecule has 2 aliphatic heterocycles. The van der Waals surface area contributed by atoms with Gasteiger partial charge < -0.3 is 20.4 Å². The summed E-state index contributed by atoms with van der Waals surface area (Å²) in [6.07, 6.45) is 4.28. The van der Waals surface area contributed by atoms with Crippen LogP contribution in [0.1, 0.15) is 39.5 Å². The highest BCUT2D eigenvalue weighted by Crippen LogP contribution is 2.37.